The van der Waals surface area contributed by atoms with Gasteiger partial charge in [0.2, 0.25) is 0 Å². The van der Waals surface area contributed by atoms with Crippen molar-refractivity contribution in [2.45, 2.75) is 0 Å². The summed E-state index contributed by atoms with van der Waals surface area (Å²) in [5.41, 5.74) is 3.87. The highest BCUT2D eigenvalue weighted by atomic mass is 35.5. The Morgan fingerprint density at radius 2 is 1.56 bits per heavy atom. The summed E-state index contributed by atoms with van der Waals surface area (Å²) in [7, 11) is 1.72. The molecule has 7 nitrogen and oxygen atoms in total. The number of aromatic nitrogens is 2. The van der Waals surface area contributed by atoms with Gasteiger partial charge in [0.25, 0.3) is 11.5 Å². The molecule has 0 radical (unpaired) electrons. The first kappa shape index (κ1) is 24.9. The van der Waals surface area contributed by atoms with Gasteiger partial charge in [-0.2, -0.15) is 0 Å². The molecule has 1 aliphatic heterocycles. The van der Waals surface area contributed by atoms with E-state index in [2.05, 4.69) is 4.98 Å². The van der Waals surface area contributed by atoms with Gasteiger partial charge in [-0.15, -0.1) is 0 Å². The zero-order valence-corrected chi connectivity index (χ0v) is 22.6. The van der Waals surface area contributed by atoms with Crippen LogP contribution < -0.4 is 20.9 Å². The smallest absolute Gasteiger partial charge is 0.333 e. The number of halogens is 1. The molecule has 0 bridgehead atoms. The number of hydrogen-bond donors (Lipinski definition) is 1. The number of nitrogens with one attached hydrogen (secondary N) is 1. The normalized spacial score (nSPS) is 12.9. The van der Waals surface area contributed by atoms with Crippen molar-refractivity contribution in [1.82, 2.24) is 9.55 Å². The van der Waals surface area contributed by atoms with Crippen LogP contribution >= 0.6 is 11.6 Å². The van der Waals surface area contributed by atoms with E-state index in [1.54, 1.807) is 36.2 Å². The number of aromatic amines is 1. The van der Waals surface area contributed by atoms with Gasteiger partial charge < -0.3 is 14.6 Å². The van der Waals surface area contributed by atoms with Gasteiger partial charge in [-0.1, -0.05) is 72.3 Å². The van der Waals surface area contributed by atoms with Gasteiger partial charge in [0, 0.05) is 23.0 Å². The summed E-state index contributed by atoms with van der Waals surface area (Å²) in [4.78, 5) is 43.5. The SMILES string of the molecule is CN1C(=O)COc2cc(-c3cccc(Cl)c3-c3ccc4c(=O)n(-c5cccc6ccccc56)c(=O)[nH]c4c3)ccc21. The number of carbonyl (C=O) groups excluding carboxylic acids is 1. The number of hydrogen-bond acceptors (Lipinski definition) is 4. The fourth-order valence-electron chi connectivity index (χ4n) is 5.50. The van der Waals surface area contributed by atoms with Crippen LogP contribution in [0.3, 0.4) is 0 Å². The fourth-order valence-corrected chi connectivity index (χ4v) is 5.78. The first-order chi connectivity index (χ1) is 19.9. The quantitative estimate of drug-likeness (QED) is 0.281. The predicted octanol–water partition coefficient (Wildman–Crippen LogP) is 6.17. The number of H-pyrrole nitrogens is 1. The first-order valence-corrected chi connectivity index (χ1v) is 13.4. The molecule has 1 aromatic heterocycles. The van der Waals surface area contributed by atoms with Gasteiger partial charge in [-0.05, 0) is 58.5 Å². The molecule has 1 N–H and O–H groups in total. The number of amides is 1. The summed E-state index contributed by atoms with van der Waals surface area (Å²) >= 11 is 6.75. The minimum absolute atomic E-state index is 0.0241. The summed E-state index contributed by atoms with van der Waals surface area (Å²) in [6.45, 7) is -0.0241. The van der Waals surface area contributed by atoms with E-state index in [1.807, 2.05) is 72.8 Å². The summed E-state index contributed by atoms with van der Waals surface area (Å²) in [5, 5.41) is 2.64. The Morgan fingerprint density at radius 1 is 0.780 bits per heavy atom. The van der Waals surface area contributed by atoms with Crippen molar-refractivity contribution in [3.63, 3.8) is 0 Å². The molecule has 1 aliphatic rings. The Balaban J connectivity index is 1.38. The second kappa shape index (κ2) is 9.50. The molecule has 8 heteroatoms. The lowest BCUT2D eigenvalue weighted by molar-refractivity contribution is -0.120. The van der Waals surface area contributed by atoms with Crippen LogP contribution in [0.1, 0.15) is 0 Å². The molecule has 0 saturated heterocycles. The van der Waals surface area contributed by atoms with Crippen molar-refractivity contribution in [3.05, 3.63) is 123 Å². The predicted molar refractivity (Wildman–Crippen MR) is 162 cm³/mol. The molecule has 0 unspecified atom stereocenters. The zero-order valence-electron chi connectivity index (χ0n) is 21.9. The third-order valence-electron chi connectivity index (χ3n) is 7.56. The van der Waals surface area contributed by atoms with Crippen LogP contribution in [0, 0.1) is 0 Å². The lowest BCUT2D eigenvalue weighted by atomic mass is 9.93. The van der Waals surface area contributed by atoms with E-state index in [0.717, 1.165) is 33.0 Å². The minimum Gasteiger partial charge on any atom is -0.482 e. The molecule has 200 valence electrons. The van der Waals surface area contributed by atoms with E-state index in [4.69, 9.17) is 16.3 Å². The van der Waals surface area contributed by atoms with Crippen molar-refractivity contribution in [2.24, 2.45) is 0 Å². The van der Waals surface area contributed by atoms with Crippen molar-refractivity contribution in [3.8, 4) is 33.7 Å². The third-order valence-corrected chi connectivity index (χ3v) is 7.88. The zero-order chi connectivity index (χ0) is 28.2. The van der Waals surface area contributed by atoms with Gasteiger partial charge in [0.1, 0.15) is 5.75 Å². The Bertz CT molecular complexity index is 2160. The average molecular weight is 560 g/mol. The van der Waals surface area contributed by atoms with E-state index >= 15 is 0 Å². The third kappa shape index (κ3) is 4.01. The highest BCUT2D eigenvalue weighted by molar-refractivity contribution is 6.34. The largest absolute Gasteiger partial charge is 0.482 e. The Labute approximate surface area is 238 Å². The second-order valence-corrected chi connectivity index (χ2v) is 10.3. The van der Waals surface area contributed by atoms with Crippen molar-refractivity contribution in [1.29, 1.82) is 0 Å². The minimum atomic E-state index is -0.527. The van der Waals surface area contributed by atoms with Crippen LogP contribution in [-0.2, 0) is 4.79 Å². The Kier molecular flexibility index (Phi) is 5.76. The molecule has 6 aromatic rings. The number of anilines is 1. The maximum absolute atomic E-state index is 13.7. The molecule has 5 aromatic carbocycles. The molecule has 2 heterocycles. The van der Waals surface area contributed by atoms with Crippen molar-refractivity contribution < 1.29 is 9.53 Å². The lowest BCUT2D eigenvalue weighted by Crippen LogP contribution is -2.35. The molecule has 0 atom stereocenters. The molecule has 0 fully saturated rings. The van der Waals surface area contributed by atoms with Crippen molar-refractivity contribution in [2.75, 3.05) is 18.6 Å². The molecular weight excluding hydrogens is 538 g/mol. The number of nitrogens with zero attached hydrogens (tertiary/aromatic N) is 2. The molecule has 7 rings (SSSR count). The first-order valence-electron chi connectivity index (χ1n) is 13.0. The second-order valence-electron chi connectivity index (χ2n) is 9.92. The maximum atomic E-state index is 13.7. The molecule has 0 spiro atoms. The van der Waals surface area contributed by atoms with E-state index in [-0.39, 0.29) is 12.5 Å². The number of rotatable bonds is 3. The summed E-state index contributed by atoms with van der Waals surface area (Å²) in [6, 6.07) is 29.8. The van der Waals surface area contributed by atoms with E-state index < -0.39 is 11.2 Å². The van der Waals surface area contributed by atoms with E-state index in [1.165, 1.54) is 4.57 Å². The molecule has 0 aliphatic carbocycles. The standard InChI is InChI=1S/C33H22ClN3O4/c1-36-28-15-13-20(17-29(28)41-18-30(36)38)23-9-5-10-25(34)31(23)21-12-14-24-26(16-21)35-33(40)37(32(24)39)27-11-4-7-19-6-2-3-8-22(19)27/h2-17H,18H2,1H3,(H,35,40). The number of likely N-dealkylation sites (N-methyl/N-ethyl adjacent to an activating group) is 1. The highest BCUT2D eigenvalue weighted by Gasteiger charge is 2.23. The Morgan fingerprint density at radius 3 is 2.44 bits per heavy atom. The lowest BCUT2D eigenvalue weighted by Gasteiger charge is -2.26. The summed E-state index contributed by atoms with van der Waals surface area (Å²) < 4.78 is 6.88. The summed E-state index contributed by atoms with van der Waals surface area (Å²) in [6.07, 6.45) is 0. The maximum Gasteiger partial charge on any atom is 0.333 e. The van der Waals surface area contributed by atoms with Gasteiger partial charge in [0.05, 0.1) is 22.3 Å². The number of ether oxygens (including phenoxy) is 1. The van der Waals surface area contributed by atoms with Crippen LogP contribution in [-0.4, -0.2) is 29.1 Å². The Hall–Kier alpha value is -5.14. The average Bonchev–Trinajstić information content (AvgIpc) is 2.98. The topological polar surface area (TPSA) is 84.4 Å². The molecular formula is C33H22ClN3O4. The fraction of sp³-hybridized carbons (Fsp3) is 0.0606. The number of fused-ring (bicyclic) bond motifs is 3. The number of carbonyl (C=O) groups is 1. The monoisotopic (exact) mass is 559 g/mol. The molecule has 1 amide bonds. The molecule has 41 heavy (non-hydrogen) atoms. The van der Waals surface area contributed by atoms with Crippen LogP contribution in [0.2, 0.25) is 5.02 Å². The van der Waals surface area contributed by atoms with E-state index in [9.17, 15) is 14.4 Å². The van der Waals surface area contributed by atoms with Crippen molar-refractivity contribution >= 4 is 44.9 Å². The van der Waals surface area contributed by atoms with Crippen LogP contribution in [0.15, 0.2) is 107 Å². The van der Waals surface area contributed by atoms with Gasteiger partial charge in [0.15, 0.2) is 6.61 Å². The van der Waals surface area contributed by atoms with E-state index in [0.29, 0.717) is 33.0 Å². The van der Waals surface area contributed by atoms with Crippen LogP contribution in [0.4, 0.5) is 5.69 Å². The summed E-state index contributed by atoms with van der Waals surface area (Å²) in [5.74, 6) is 0.491. The van der Waals surface area contributed by atoms with Gasteiger partial charge >= 0.3 is 5.69 Å². The van der Waals surface area contributed by atoms with Crippen LogP contribution in [0.5, 0.6) is 5.75 Å². The van der Waals surface area contributed by atoms with Crippen LogP contribution in [0.25, 0.3) is 49.6 Å². The molecule has 0 saturated carbocycles. The number of benzene rings is 5. The highest BCUT2D eigenvalue weighted by Crippen LogP contribution is 2.41. The van der Waals surface area contributed by atoms with Gasteiger partial charge in [-0.3, -0.25) is 9.59 Å². The van der Waals surface area contributed by atoms with Gasteiger partial charge in [-0.25, -0.2) is 9.36 Å².